The molecule has 0 atom stereocenters. The lowest BCUT2D eigenvalue weighted by Crippen LogP contribution is -2.01. The maximum absolute atomic E-state index is 13.3. The number of rotatable bonds is 5. The summed E-state index contributed by atoms with van der Waals surface area (Å²) < 4.78 is 26.6. The number of fused-ring (bicyclic) bond motifs is 1. The maximum atomic E-state index is 13.3. The first-order valence-electron chi connectivity index (χ1n) is 8.20. The van der Waals surface area contributed by atoms with Crippen LogP contribution in [-0.4, -0.2) is 0 Å². The van der Waals surface area contributed by atoms with Gasteiger partial charge in [-0.25, -0.2) is 8.78 Å². The molecule has 3 rings (SSSR count). The van der Waals surface area contributed by atoms with Gasteiger partial charge < -0.3 is 0 Å². The summed E-state index contributed by atoms with van der Waals surface area (Å²) in [5.41, 5.74) is 4.73. The number of benzene rings is 2. The molecule has 2 aromatic carbocycles. The molecule has 0 radical (unpaired) electrons. The summed E-state index contributed by atoms with van der Waals surface area (Å²) in [7, 11) is 0. The van der Waals surface area contributed by atoms with Crippen molar-refractivity contribution in [3.05, 3.63) is 70.3 Å². The Hall–Kier alpha value is -1.70. The van der Waals surface area contributed by atoms with E-state index in [1.54, 1.807) is 0 Å². The molecule has 0 nitrogen and oxygen atoms in total. The lowest BCUT2D eigenvalue weighted by molar-refractivity contribution is 0.507. The van der Waals surface area contributed by atoms with Crippen molar-refractivity contribution in [1.82, 2.24) is 0 Å². The van der Waals surface area contributed by atoms with Gasteiger partial charge in [-0.3, -0.25) is 0 Å². The molecule has 22 heavy (non-hydrogen) atoms. The standard InChI is InChI=1S/C20H22F2/c1-2-3-14-4-6-15(7-5-14)8-9-16-10-17-12-19(21)20(22)13-18(17)11-16/h4-7,12-13,16H,2-3,8-11H2,1H3. The van der Waals surface area contributed by atoms with Gasteiger partial charge in [-0.15, -0.1) is 0 Å². The second kappa shape index (κ2) is 6.60. The summed E-state index contributed by atoms with van der Waals surface area (Å²) in [6.07, 6.45) is 6.17. The first-order valence-corrected chi connectivity index (χ1v) is 8.20. The molecule has 0 heterocycles. The number of halogens is 2. The van der Waals surface area contributed by atoms with Crippen molar-refractivity contribution in [3.63, 3.8) is 0 Å². The van der Waals surface area contributed by atoms with Gasteiger partial charge in [-0.1, -0.05) is 37.6 Å². The smallest absolute Gasteiger partial charge is 0.159 e. The van der Waals surface area contributed by atoms with E-state index < -0.39 is 11.6 Å². The zero-order valence-electron chi connectivity index (χ0n) is 13.0. The zero-order valence-corrected chi connectivity index (χ0v) is 13.0. The van der Waals surface area contributed by atoms with Gasteiger partial charge in [-0.2, -0.15) is 0 Å². The van der Waals surface area contributed by atoms with Gasteiger partial charge in [0.1, 0.15) is 0 Å². The lowest BCUT2D eigenvalue weighted by atomic mass is 9.96. The van der Waals surface area contributed by atoms with E-state index in [0.717, 1.165) is 43.2 Å². The fraction of sp³-hybridized carbons (Fsp3) is 0.400. The van der Waals surface area contributed by atoms with Crippen LogP contribution >= 0.6 is 0 Å². The fourth-order valence-electron chi connectivity index (χ4n) is 3.44. The molecule has 0 aromatic heterocycles. The summed E-state index contributed by atoms with van der Waals surface area (Å²) in [5.74, 6) is -0.927. The molecule has 0 unspecified atom stereocenters. The van der Waals surface area contributed by atoms with Gasteiger partial charge in [-0.05, 0) is 72.4 Å². The van der Waals surface area contributed by atoms with Gasteiger partial charge in [0.2, 0.25) is 0 Å². The molecule has 0 bridgehead atoms. The average Bonchev–Trinajstić information content (AvgIpc) is 2.89. The van der Waals surface area contributed by atoms with Gasteiger partial charge in [0.05, 0.1) is 0 Å². The topological polar surface area (TPSA) is 0 Å². The van der Waals surface area contributed by atoms with Crippen LogP contribution in [-0.2, 0) is 25.7 Å². The van der Waals surface area contributed by atoms with Crippen LogP contribution in [0.3, 0.4) is 0 Å². The largest absolute Gasteiger partial charge is 0.204 e. The Morgan fingerprint density at radius 3 is 1.86 bits per heavy atom. The summed E-state index contributed by atoms with van der Waals surface area (Å²) in [6.45, 7) is 2.19. The number of aryl methyl sites for hydroxylation is 2. The summed E-state index contributed by atoms with van der Waals surface area (Å²) in [5, 5.41) is 0. The van der Waals surface area contributed by atoms with Crippen LogP contribution in [0.5, 0.6) is 0 Å². The highest BCUT2D eigenvalue weighted by Crippen LogP contribution is 2.31. The monoisotopic (exact) mass is 300 g/mol. The third-order valence-electron chi connectivity index (χ3n) is 4.66. The second-order valence-electron chi connectivity index (χ2n) is 6.41. The van der Waals surface area contributed by atoms with E-state index in [1.807, 2.05) is 0 Å². The normalized spacial score (nSPS) is 14.3. The molecule has 0 fully saturated rings. The lowest BCUT2D eigenvalue weighted by Gasteiger charge is -2.09. The van der Waals surface area contributed by atoms with Crippen molar-refractivity contribution >= 4 is 0 Å². The highest BCUT2D eigenvalue weighted by Gasteiger charge is 2.23. The Balaban J connectivity index is 1.57. The number of hydrogen-bond donors (Lipinski definition) is 0. The van der Waals surface area contributed by atoms with Crippen LogP contribution in [0.1, 0.15) is 42.0 Å². The van der Waals surface area contributed by atoms with E-state index in [-0.39, 0.29) is 0 Å². The molecule has 0 amide bonds. The van der Waals surface area contributed by atoms with Crippen molar-refractivity contribution < 1.29 is 8.78 Å². The first kappa shape index (κ1) is 15.2. The Morgan fingerprint density at radius 2 is 1.36 bits per heavy atom. The molecule has 116 valence electrons. The minimum Gasteiger partial charge on any atom is -0.204 e. The molecule has 2 aromatic rings. The van der Waals surface area contributed by atoms with E-state index in [0.29, 0.717) is 5.92 Å². The second-order valence-corrected chi connectivity index (χ2v) is 6.41. The van der Waals surface area contributed by atoms with Crippen molar-refractivity contribution in [3.8, 4) is 0 Å². The van der Waals surface area contributed by atoms with Gasteiger partial charge in [0.25, 0.3) is 0 Å². The summed E-state index contributed by atoms with van der Waals surface area (Å²) in [6, 6.07) is 11.6. The van der Waals surface area contributed by atoms with E-state index in [1.165, 1.54) is 29.7 Å². The van der Waals surface area contributed by atoms with Gasteiger partial charge in [0, 0.05) is 0 Å². The molecule has 0 N–H and O–H groups in total. The van der Waals surface area contributed by atoms with Crippen LogP contribution in [0.2, 0.25) is 0 Å². The third kappa shape index (κ3) is 3.37. The predicted octanol–water partition coefficient (Wildman–Crippen LogP) is 5.26. The van der Waals surface area contributed by atoms with Crippen LogP contribution in [0, 0.1) is 17.6 Å². The van der Waals surface area contributed by atoms with E-state index in [2.05, 4.69) is 31.2 Å². The summed E-state index contributed by atoms with van der Waals surface area (Å²) in [4.78, 5) is 0. The average molecular weight is 300 g/mol. The molecule has 1 aliphatic carbocycles. The van der Waals surface area contributed by atoms with Crippen LogP contribution in [0.4, 0.5) is 8.78 Å². The number of hydrogen-bond acceptors (Lipinski definition) is 0. The molecule has 0 saturated heterocycles. The minimum atomic E-state index is -0.717. The maximum Gasteiger partial charge on any atom is 0.159 e. The Bertz CT molecular complexity index is 613. The highest BCUT2D eigenvalue weighted by molar-refractivity contribution is 5.33. The molecule has 0 aliphatic heterocycles. The van der Waals surface area contributed by atoms with Crippen LogP contribution in [0.15, 0.2) is 36.4 Å². The SMILES string of the molecule is CCCc1ccc(CCC2Cc3cc(F)c(F)cc3C2)cc1. The summed E-state index contributed by atoms with van der Waals surface area (Å²) >= 11 is 0. The molecule has 2 heteroatoms. The minimum absolute atomic E-state index is 0.506. The molecule has 1 aliphatic rings. The van der Waals surface area contributed by atoms with Crippen molar-refractivity contribution in [2.24, 2.45) is 5.92 Å². The molecular formula is C20H22F2. The van der Waals surface area contributed by atoms with Crippen molar-refractivity contribution in [2.75, 3.05) is 0 Å². The van der Waals surface area contributed by atoms with Crippen LogP contribution in [0.25, 0.3) is 0 Å². The van der Waals surface area contributed by atoms with E-state index in [4.69, 9.17) is 0 Å². The molecule has 0 saturated carbocycles. The van der Waals surface area contributed by atoms with Crippen LogP contribution < -0.4 is 0 Å². The van der Waals surface area contributed by atoms with Gasteiger partial charge >= 0.3 is 0 Å². The van der Waals surface area contributed by atoms with E-state index in [9.17, 15) is 8.78 Å². The van der Waals surface area contributed by atoms with Crippen molar-refractivity contribution in [1.29, 1.82) is 0 Å². The fourth-order valence-corrected chi connectivity index (χ4v) is 3.44. The Morgan fingerprint density at radius 1 is 0.864 bits per heavy atom. The first-order chi connectivity index (χ1) is 10.7. The zero-order chi connectivity index (χ0) is 15.5. The quantitative estimate of drug-likeness (QED) is 0.706. The van der Waals surface area contributed by atoms with Crippen molar-refractivity contribution in [2.45, 2.75) is 45.4 Å². The highest BCUT2D eigenvalue weighted by atomic mass is 19.2. The predicted molar refractivity (Wildman–Crippen MR) is 86.0 cm³/mol. The molecule has 0 spiro atoms. The molecular weight excluding hydrogens is 278 g/mol. The Kier molecular flexibility index (Phi) is 4.56. The third-order valence-corrected chi connectivity index (χ3v) is 4.66. The van der Waals surface area contributed by atoms with E-state index >= 15 is 0 Å². The van der Waals surface area contributed by atoms with Gasteiger partial charge in [0.15, 0.2) is 11.6 Å². The Labute approximate surface area is 131 Å².